The lowest BCUT2D eigenvalue weighted by molar-refractivity contribution is 0.0974. The van der Waals surface area contributed by atoms with Crippen LogP contribution in [0.25, 0.3) is 0 Å². The van der Waals surface area contributed by atoms with E-state index in [1.54, 1.807) is 12.1 Å². The first-order chi connectivity index (χ1) is 12.6. The standard InChI is InChI=1S/C18H14BrNO6S/c1-9(20-27(25,26)11-4-2-3-10(19)7-11)12-8-15(23)16-13(21)5-6-14(22)17(16)18(12)24/h2-9,20-22H,1H3. The van der Waals surface area contributed by atoms with Crippen LogP contribution >= 0.6 is 15.9 Å². The molecule has 0 saturated carbocycles. The van der Waals surface area contributed by atoms with Gasteiger partial charge in [0, 0.05) is 16.1 Å². The molecule has 7 nitrogen and oxygen atoms in total. The van der Waals surface area contributed by atoms with E-state index in [2.05, 4.69) is 20.7 Å². The van der Waals surface area contributed by atoms with Crippen LogP contribution in [0.15, 0.2) is 57.4 Å². The van der Waals surface area contributed by atoms with Crippen LogP contribution in [0.2, 0.25) is 0 Å². The summed E-state index contributed by atoms with van der Waals surface area (Å²) in [5, 5.41) is 19.8. The Morgan fingerprint density at radius 1 is 1.04 bits per heavy atom. The second-order valence-corrected chi connectivity index (χ2v) is 8.58. The van der Waals surface area contributed by atoms with Gasteiger partial charge in [-0.3, -0.25) is 9.59 Å². The fourth-order valence-corrected chi connectivity index (χ4v) is 4.62. The number of halogens is 1. The van der Waals surface area contributed by atoms with E-state index < -0.39 is 39.1 Å². The molecule has 3 rings (SSSR count). The Morgan fingerprint density at radius 2 is 1.67 bits per heavy atom. The van der Waals surface area contributed by atoms with Crippen molar-refractivity contribution in [2.45, 2.75) is 17.9 Å². The largest absolute Gasteiger partial charge is 0.507 e. The molecule has 2 aromatic rings. The molecular weight excluding hydrogens is 438 g/mol. The fourth-order valence-electron chi connectivity index (χ4n) is 2.80. The molecule has 0 bridgehead atoms. The maximum absolute atomic E-state index is 12.7. The van der Waals surface area contributed by atoms with E-state index in [1.165, 1.54) is 19.1 Å². The second kappa shape index (κ2) is 6.91. The highest BCUT2D eigenvalue weighted by Gasteiger charge is 2.34. The highest BCUT2D eigenvalue weighted by Crippen LogP contribution is 2.35. The van der Waals surface area contributed by atoms with Crippen LogP contribution in [-0.4, -0.2) is 36.2 Å². The number of carbonyl (C=O) groups excluding carboxylic acids is 2. The maximum Gasteiger partial charge on any atom is 0.241 e. The van der Waals surface area contributed by atoms with E-state index in [-0.39, 0.29) is 21.6 Å². The summed E-state index contributed by atoms with van der Waals surface area (Å²) in [6, 6.07) is 7.17. The zero-order valence-corrected chi connectivity index (χ0v) is 16.3. The van der Waals surface area contributed by atoms with Crippen molar-refractivity contribution in [2.24, 2.45) is 0 Å². The van der Waals surface area contributed by atoms with Crippen molar-refractivity contribution < 1.29 is 28.2 Å². The maximum atomic E-state index is 12.7. The molecule has 0 fully saturated rings. The lowest BCUT2D eigenvalue weighted by Gasteiger charge is -2.22. The van der Waals surface area contributed by atoms with Gasteiger partial charge in [0.1, 0.15) is 11.5 Å². The molecule has 27 heavy (non-hydrogen) atoms. The summed E-state index contributed by atoms with van der Waals surface area (Å²) in [5.41, 5.74) is -0.774. The summed E-state index contributed by atoms with van der Waals surface area (Å²) in [7, 11) is -3.96. The molecule has 1 unspecified atom stereocenters. The number of phenolic OH excluding ortho intramolecular Hbond substituents is 2. The van der Waals surface area contributed by atoms with Crippen molar-refractivity contribution in [3.8, 4) is 11.5 Å². The summed E-state index contributed by atoms with van der Waals surface area (Å²) >= 11 is 3.19. The topological polar surface area (TPSA) is 121 Å². The van der Waals surface area contributed by atoms with Crippen molar-refractivity contribution in [1.82, 2.24) is 4.72 Å². The number of hydrogen-bond donors (Lipinski definition) is 3. The van der Waals surface area contributed by atoms with Crippen molar-refractivity contribution >= 4 is 37.5 Å². The number of fused-ring (bicyclic) bond motifs is 1. The third kappa shape index (κ3) is 3.53. The first kappa shape index (κ1) is 19.3. The van der Waals surface area contributed by atoms with Gasteiger partial charge in [0.05, 0.1) is 16.0 Å². The number of nitrogens with one attached hydrogen (secondary N) is 1. The number of phenols is 2. The highest BCUT2D eigenvalue weighted by atomic mass is 79.9. The minimum Gasteiger partial charge on any atom is -0.507 e. The molecule has 0 aromatic heterocycles. The van der Waals surface area contributed by atoms with E-state index in [9.17, 15) is 28.2 Å². The Bertz CT molecular complexity index is 1110. The molecular formula is C18H14BrNO6S. The number of carbonyl (C=O) groups is 2. The molecule has 1 atom stereocenters. The average Bonchev–Trinajstić information content (AvgIpc) is 2.59. The van der Waals surface area contributed by atoms with Gasteiger partial charge in [-0.25, -0.2) is 13.1 Å². The van der Waals surface area contributed by atoms with Crippen LogP contribution in [-0.2, 0) is 10.0 Å². The van der Waals surface area contributed by atoms with Crippen molar-refractivity contribution in [3.05, 3.63) is 63.6 Å². The molecule has 140 valence electrons. The SMILES string of the molecule is CC(NS(=O)(=O)c1cccc(Br)c1)C1=CC(=O)c2c(O)ccc(O)c2C1=O. The smallest absolute Gasteiger partial charge is 0.241 e. The quantitative estimate of drug-likeness (QED) is 0.614. The van der Waals surface area contributed by atoms with Gasteiger partial charge in [-0.2, -0.15) is 0 Å². The fraction of sp³-hybridized carbons (Fsp3) is 0.111. The van der Waals surface area contributed by atoms with Gasteiger partial charge in [-0.1, -0.05) is 22.0 Å². The Labute approximate surface area is 163 Å². The summed E-state index contributed by atoms with van der Waals surface area (Å²) in [6.45, 7) is 1.41. The number of ketones is 2. The molecule has 2 aromatic carbocycles. The Balaban J connectivity index is 1.96. The number of allylic oxidation sites excluding steroid dienone is 1. The lowest BCUT2D eigenvalue weighted by Crippen LogP contribution is -2.38. The molecule has 0 saturated heterocycles. The Hall–Kier alpha value is -2.49. The number of Topliss-reactive ketones (excluding diaryl/α,β-unsaturated/α-hetero) is 1. The van der Waals surface area contributed by atoms with Crippen LogP contribution in [0.3, 0.4) is 0 Å². The van der Waals surface area contributed by atoms with Crippen molar-refractivity contribution in [1.29, 1.82) is 0 Å². The molecule has 1 aliphatic carbocycles. The van der Waals surface area contributed by atoms with Gasteiger partial charge < -0.3 is 10.2 Å². The predicted molar refractivity (Wildman–Crippen MR) is 100 cm³/mol. The summed E-state index contributed by atoms with van der Waals surface area (Å²) < 4.78 is 28.0. The number of hydrogen-bond acceptors (Lipinski definition) is 6. The van der Waals surface area contributed by atoms with E-state index in [1.807, 2.05) is 0 Å². The van der Waals surface area contributed by atoms with Crippen LogP contribution < -0.4 is 4.72 Å². The third-order valence-electron chi connectivity index (χ3n) is 4.09. The van der Waals surface area contributed by atoms with Gasteiger partial charge >= 0.3 is 0 Å². The van der Waals surface area contributed by atoms with Crippen molar-refractivity contribution in [2.75, 3.05) is 0 Å². The van der Waals surface area contributed by atoms with Crippen molar-refractivity contribution in [3.63, 3.8) is 0 Å². The van der Waals surface area contributed by atoms with Gasteiger partial charge in [0.15, 0.2) is 11.6 Å². The highest BCUT2D eigenvalue weighted by molar-refractivity contribution is 9.10. The first-order valence-corrected chi connectivity index (χ1v) is 10.0. The summed E-state index contributed by atoms with van der Waals surface area (Å²) in [6.07, 6.45) is 0.970. The second-order valence-electron chi connectivity index (χ2n) is 5.95. The van der Waals surface area contributed by atoms with E-state index in [0.717, 1.165) is 18.2 Å². The molecule has 9 heteroatoms. The zero-order valence-electron chi connectivity index (χ0n) is 13.9. The molecule has 0 spiro atoms. The molecule has 0 heterocycles. The first-order valence-electron chi connectivity index (χ1n) is 7.75. The number of aromatic hydroxyl groups is 2. The van der Waals surface area contributed by atoms with E-state index in [0.29, 0.717) is 4.47 Å². The van der Waals surface area contributed by atoms with Crippen LogP contribution in [0.1, 0.15) is 27.6 Å². The molecule has 0 aliphatic heterocycles. The van der Waals surface area contributed by atoms with E-state index >= 15 is 0 Å². The lowest BCUT2D eigenvalue weighted by atomic mass is 9.86. The minimum absolute atomic E-state index is 0.0141. The Kier molecular flexibility index (Phi) is 4.94. The van der Waals surface area contributed by atoms with E-state index in [4.69, 9.17) is 0 Å². The average molecular weight is 452 g/mol. The monoisotopic (exact) mass is 451 g/mol. The number of sulfonamides is 1. The predicted octanol–water partition coefficient (Wildman–Crippen LogP) is 2.53. The summed E-state index contributed by atoms with van der Waals surface area (Å²) in [5.74, 6) is -2.32. The molecule has 1 aliphatic rings. The molecule has 0 amide bonds. The number of rotatable bonds is 4. The molecule has 0 radical (unpaired) electrons. The number of benzene rings is 2. The van der Waals surface area contributed by atoms with Gasteiger partial charge in [-0.15, -0.1) is 0 Å². The third-order valence-corrected chi connectivity index (χ3v) is 6.12. The zero-order chi connectivity index (χ0) is 19.9. The summed E-state index contributed by atoms with van der Waals surface area (Å²) in [4.78, 5) is 25.0. The molecule has 3 N–H and O–H groups in total. The van der Waals surface area contributed by atoms with Crippen LogP contribution in [0.4, 0.5) is 0 Å². The Morgan fingerprint density at radius 3 is 2.30 bits per heavy atom. The van der Waals surface area contributed by atoms with Gasteiger partial charge in [-0.05, 0) is 43.3 Å². The normalized spacial score (nSPS) is 15.3. The minimum atomic E-state index is -3.96. The van der Waals surface area contributed by atoms with Crippen LogP contribution in [0.5, 0.6) is 11.5 Å². The van der Waals surface area contributed by atoms with Gasteiger partial charge in [0.2, 0.25) is 10.0 Å². The van der Waals surface area contributed by atoms with Crippen LogP contribution in [0, 0.1) is 0 Å². The van der Waals surface area contributed by atoms with Gasteiger partial charge in [0.25, 0.3) is 0 Å².